The number of carbonyl (C=O) groups excluding carboxylic acids is 2. The summed E-state index contributed by atoms with van der Waals surface area (Å²) < 4.78 is 5.87. The molecule has 2 amide bonds. The van der Waals surface area contributed by atoms with Gasteiger partial charge in [-0.2, -0.15) is 0 Å². The molecule has 5 nitrogen and oxygen atoms in total. The molecule has 0 heterocycles. The largest absolute Gasteiger partial charge is 0.484 e. The van der Waals surface area contributed by atoms with E-state index in [2.05, 4.69) is 5.32 Å². The van der Waals surface area contributed by atoms with Crippen molar-refractivity contribution in [3.05, 3.63) is 101 Å². The fourth-order valence-corrected chi connectivity index (χ4v) is 4.93. The smallest absolute Gasteiger partial charge is 0.261 e. The quantitative estimate of drug-likeness (QED) is 0.352. The minimum absolute atomic E-state index is 0.109. The SMILES string of the molecule is Cc1cc(OCC(=O)N(Cc2ccccc2)C(Cc2ccccc2)C(=O)NC2CCCCC2)ccc1Cl. The average Bonchev–Trinajstić information content (AvgIpc) is 2.93. The second kappa shape index (κ2) is 13.3. The van der Waals surface area contributed by atoms with Crippen LogP contribution >= 0.6 is 11.6 Å². The topological polar surface area (TPSA) is 58.6 Å². The van der Waals surface area contributed by atoms with Gasteiger partial charge in [-0.15, -0.1) is 0 Å². The van der Waals surface area contributed by atoms with E-state index in [0.29, 0.717) is 23.7 Å². The lowest BCUT2D eigenvalue weighted by atomic mass is 9.94. The predicted octanol–water partition coefficient (Wildman–Crippen LogP) is 6.12. The van der Waals surface area contributed by atoms with E-state index >= 15 is 0 Å². The van der Waals surface area contributed by atoms with Crippen LogP contribution in [0.4, 0.5) is 0 Å². The van der Waals surface area contributed by atoms with E-state index in [1.807, 2.05) is 73.7 Å². The lowest BCUT2D eigenvalue weighted by Gasteiger charge is -2.33. The predicted molar refractivity (Wildman–Crippen MR) is 148 cm³/mol. The molecular formula is C31H35ClN2O3. The summed E-state index contributed by atoms with van der Waals surface area (Å²) in [5.74, 6) is 0.222. The molecule has 6 heteroatoms. The standard InChI is InChI=1S/C31H35ClN2O3/c1-23-19-27(17-18-28(23)32)37-22-30(35)34(21-25-13-7-3-8-14-25)29(20-24-11-5-2-6-12-24)31(36)33-26-15-9-4-10-16-26/h2-3,5-8,11-14,17-19,26,29H,4,9-10,15-16,20-22H2,1H3,(H,33,36). The number of nitrogens with zero attached hydrogens (tertiary/aromatic N) is 1. The number of ether oxygens (including phenoxy) is 1. The van der Waals surface area contributed by atoms with Gasteiger partial charge in [0.15, 0.2) is 6.61 Å². The Kier molecular flexibility index (Phi) is 9.61. The van der Waals surface area contributed by atoms with Crippen molar-refractivity contribution in [2.45, 2.75) is 64.1 Å². The highest BCUT2D eigenvalue weighted by molar-refractivity contribution is 6.31. The summed E-state index contributed by atoms with van der Waals surface area (Å²) in [6.45, 7) is 2.04. The van der Waals surface area contributed by atoms with Crippen molar-refractivity contribution in [2.24, 2.45) is 0 Å². The van der Waals surface area contributed by atoms with Crippen molar-refractivity contribution in [2.75, 3.05) is 6.61 Å². The minimum Gasteiger partial charge on any atom is -0.484 e. The van der Waals surface area contributed by atoms with Gasteiger partial charge in [0.2, 0.25) is 5.91 Å². The van der Waals surface area contributed by atoms with Crippen molar-refractivity contribution in [3.8, 4) is 5.75 Å². The molecule has 0 aromatic heterocycles. The van der Waals surface area contributed by atoms with E-state index in [9.17, 15) is 9.59 Å². The van der Waals surface area contributed by atoms with Gasteiger partial charge in [-0.1, -0.05) is 91.5 Å². The van der Waals surface area contributed by atoms with Gasteiger partial charge in [-0.25, -0.2) is 0 Å². The number of hydrogen-bond acceptors (Lipinski definition) is 3. The molecule has 0 aliphatic heterocycles. The zero-order valence-electron chi connectivity index (χ0n) is 21.4. The Morgan fingerprint density at radius 2 is 1.59 bits per heavy atom. The Labute approximate surface area is 224 Å². The van der Waals surface area contributed by atoms with Gasteiger partial charge >= 0.3 is 0 Å². The zero-order valence-corrected chi connectivity index (χ0v) is 22.1. The molecule has 194 valence electrons. The molecule has 0 spiro atoms. The highest BCUT2D eigenvalue weighted by atomic mass is 35.5. The molecule has 1 aliphatic rings. The molecule has 4 rings (SSSR count). The molecular weight excluding hydrogens is 484 g/mol. The van der Waals surface area contributed by atoms with Crippen LogP contribution in [0.1, 0.15) is 48.8 Å². The van der Waals surface area contributed by atoms with Crippen molar-refractivity contribution in [1.82, 2.24) is 10.2 Å². The third-order valence-electron chi connectivity index (χ3n) is 6.91. The third-order valence-corrected chi connectivity index (χ3v) is 7.33. The summed E-state index contributed by atoms with van der Waals surface area (Å²) in [6, 6.07) is 24.5. The number of benzene rings is 3. The molecule has 1 saturated carbocycles. The number of nitrogens with one attached hydrogen (secondary N) is 1. The average molecular weight is 519 g/mol. The summed E-state index contributed by atoms with van der Waals surface area (Å²) in [4.78, 5) is 29.1. The number of amides is 2. The molecule has 1 fully saturated rings. The van der Waals surface area contributed by atoms with Crippen LogP contribution < -0.4 is 10.1 Å². The van der Waals surface area contributed by atoms with Crippen molar-refractivity contribution in [1.29, 1.82) is 0 Å². The Balaban J connectivity index is 1.59. The Morgan fingerprint density at radius 1 is 0.946 bits per heavy atom. The highest BCUT2D eigenvalue weighted by Gasteiger charge is 2.32. The van der Waals surface area contributed by atoms with Gasteiger partial charge in [0.1, 0.15) is 11.8 Å². The summed E-state index contributed by atoms with van der Waals surface area (Å²) in [5, 5.41) is 3.90. The first kappa shape index (κ1) is 26.7. The van der Waals surface area contributed by atoms with E-state index in [4.69, 9.17) is 16.3 Å². The van der Waals surface area contributed by atoms with Gasteiger partial charge in [0.25, 0.3) is 5.91 Å². The lowest BCUT2D eigenvalue weighted by Crippen LogP contribution is -2.53. The van der Waals surface area contributed by atoms with Gasteiger partial charge in [-0.3, -0.25) is 9.59 Å². The zero-order chi connectivity index (χ0) is 26.0. The second-order valence-electron chi connectivity index (χ2n) is 9.76. The summed E-state index contributed by atoms with van der Waals surface area (Å²) in [5.41, 5.74) is 2.84. The maximum absolute atomic E-state index is 13.7. The van der Waals surface area contributed by atoms with E-state index in [1.54, 1.807) is 17.0 Å². The first-order valence-electron chi connectivity index (χ1n) is 13.1. The maximum atomic E-state index is 13.7. The molecule has 1 N–H and O–H groups in total. The van der Waals surface area contributed by atoms with Gasteiger partial charge in [-0.05, 0) is 54.7 Å². The van der Waals surface area contributed by atoms with Crippen LogP contribution in [0.2, 0.25) is 5.02 Å². The first-order chi connectivity index (χ1) is 18.0. The molecule has 1 aliphatic carbocycles. The molecule has 1 atom stereocenters. The van der Waals surface area contributed by atoms with Crippen LogP contribution in [0.15, 0.2) is 78.9 Å². The molecule has 0 bridgehead atoms. The molecule has 0 saturated heterocycles. The molecule has 0 radical (unpaired) electrons. The van der Waals surface area contributed by atoms with Crippen LogP contribution in [0.3, 0.4) is 0 Å². The number of rotatable bonds is 10. The monoisotopic (exact) mass is 518 g/mol. The molecule has 1 unspecified atom stereocenters. The van der Waals surface area contributed by atoms with Gasteiger partial charge in [0, 0.05) is 24.0 Å². The van der Waals surface area contributed by atoms with Crippen LogP contribution in [0.5, 0.6) is 5.75 Å². The normalized spacial score (nSPS) is 14.5. The fourth-order valence-electron chi connectivity index (χ4n) is 4.81. The Hall–Kier alpha value is -3.31. The molecule has 3 aromatic rings. The number of hydrogen-bond donors (Lipinski definition) is 1. The van der Waals surface area contributed by atoms with Gasteiger partial charge in [0.05, 0.1) is 0 Å². The summed E-state index contributed by atoms with van der Waals surface area (Å²) >= 11 is 6.14. The molecule has 3 aromatic carbocycles. The Morgan fingerprint density at radius 3 is 2.24 bits per heavy atom. The van der Waals surface area contributed by atoms with E-state index in [0.717, 1.165) is 42.4 Å². The van der Waals surface area contributed by atoms with Crippen LogP contribution in [-0.4, -0.2) is 35.4 Å². The second-order valence-corrected chi connectivity index (χ2v) is 10.2. The van der Waals surface area contributed by atoms with E-state index in [1.165, 1.54) is 6.42 Å². The van der Waals surface area contributed by atoms with Crippen LogP contribution in [-0.2, 0) is 22.6 Å². The highest BCUT2D eigenvalue weighted by Crippen LogP contribution is 2.22. The molecule has 37 heavy (non-hydrogen) atoms. The van der Waals surface area contributed by atoms with Crippen LogP contribution in [0, 0.1) is 6.92 Å². The van der Waals surface area contributed by atoms with E-state index < -0.39 is 6.04 Å². The maximum Gasteiger partial charge on any atom is 0.261 e. The number of carbonyl (C=O) groups is 2. The van der Waals surface area contributed by atoms with Crippen molar-refractivity contribution in [3.63, 3.8) is 0 Å². The summed E-state index contributed by atoms with van der Waals surface area (Å²) in [6.07, 6.45) is 5.84. The van der Waals surface area contributed by atoms with E-state index in [-0.39, 0.29) is 24.5 Å². The third kappa shape index (κ3) is 7.83. The summed E-state index contributed by atoms with van der Waals surface area (Å²) in [7, 11) is 0. The van der Waals surface area contributed by atoms with Gasteiger partial charge < -0.3 is 15.0 Å². The number of aryl methyl sites for hydroxylation is 1. The van der Waals surface area contributed by atoms with Crippen LogP contribution in [0.25, 0.3) is 0 Å². The minimum atomic E-state index is -0.660. The number of halogens is 1. The van der Waals surface area contributed by atoms with Crippen molar-refractivity contribution < 1.29 is 14.3 Å². The fraction of sp³-hybridized carbons (Fsp3) is 0.355. The first-order valence-corrected chi connectivity index (χ1v) is 13.4. The Bertz CT molecular complexity index is 1160. The lowest BCUT2D eigenvalue weighted by molar-refractivity contribution is -0.143. The van der Waals surface area contributed by atoms with Crippen molar-refractivity contribution >= 4 is 23.4 Å².